The van der Waals surface area contributed by atoms with E-state index in [1.165, 1.54) is 12.1 Å². The topological polar surface area (TPSA) is 32.7 Å². The van der Waals surface area contributed by atoms with E-state index in [9.17, 15) is 9.50 Å². The van der Waals surface area contributed by atoms with Gasteiger partial charge < -0.3 is 9.84 Å². The second-order valence-corrected chi connectivity index (χ2v) is 5.27. The Bertz CT molecular complexity index is 636. The Labute approximate surface area is 117 Å². The standard InChI is InChI=1S/C16H18FNO2/c1-11-8-12-2-3-13(17)9-14(12)16(19)15(11)10-18-4-6-20-7-5-18/h2-3,8-9,19H,4-7,10H2,1H3. The van der Waals surface area contributed by atoms with Gasteiger partial charge in [0, 0.05) is 30.6 Å². The summed E-state index contributed by atoms with van der Waals surface area (Å²) in [5.74, 6) is -0.125. The number of hydrogen-bond acceptors (Lipinski definition) is 3. The van der Waals surface area contributed by atoms with Crippen molar-refractivity contribution in [3.05, 3.63) is 41.2 Å². The Hall–Kier alpha value is -1.65. The number of fused-ring (bicyclic) bond motifs is 1. The van der Waals surface area contributed by atoms with Crippen LogP contribution in [0.25, 0.3) is 10.8 Å². The number of morpholine rings is 1. The average Bonchev–Trinajstić information content (AvgIpc) is 2.46. The quantitative estimate of drug-likeness (QED) is 0.914. The van der Waals surface area contributed by atoms with Crippen LogP contribution in [-0.4, -0.2) is 36.3 Å². The van der Waals surface area contributed by atoms with E-state index < -0.39 is 0 Å². The van der Waals surface area contributed by atoms with Crippen molar-refractivity contribution in [1.82, 2.24) is 4.90 Å². The molecule has 0 atom stereocenters. The van der Waals surface area contributed by atoms with E-state index in [4.69, 9.17) is 4.74 Å². The van der Waals surface area contributed by atoms with Crippen LogP contribution in [0.2, 0.25) is 0 Å². The van der Waals surface area contributed by atoms with E-state index >= 15 is 0 Å². The van der Waals surface area contributed by atoms with Crippen LogP contribution < -0.4 is 0 Å². The van der Waals surface area contributed by atoms with Gasteiger partial charge in [0.15, 0.2) is 0 Å². The summed E-state index contributed by atoms with van der Waals surface area (Å²) < 4.78 is 18.7. The molecule has 0 amide bonds. The molecule has 3 nitrogen and oxygen atoms in total. The first kappa shape index (κ1) is 13.3. The van der Waals surface area contributed by atoms with Gasteiger partial charge in [-0.2, -0.15) is 0 Å². The van der Waals surface area contributed by atoms with E-state index in [0.717, 1.165) is 42.8 Å². The molecule has 106 valence electrons. The lowest BCUT2D eigenvalue weighted by atomic mass is 9.99. The third-order valence-electron chi connectivity index (χ3n) is 3.89. The van der Waals surface area contributed by atoms with Crippen LogP contribution in [0.3, 0.4) is 0 Å². The van der Waals surface area contributed by atoms with Crippen LogP contribution in [0.5, 0.6) is 5.75 Å². The molecule has 1 saturated heterocycles. The summed E-state index contributed by atoms with van der Waals surface area (Å²) in [6, 6.07) is 6.52. The summed E-state index contributed by atoms with van der Waals surface area (Å²) in [5.41, 5.74) is 1.91. The van der Waals surface area contributed by atoms with E-state index in [-0.39, 0.29) is 11.6 Å². The summed E-state index contributed by atoms with van der Waals surface area (Å²) in [6.45, 7) is 5.83. The fraction of sp³-hybridized carbons (Fsp3) is 0.375. The number of aromatic hydroxyl groups is 1. The van der Waals surface area contributed by atoms with Crippen molar-refractivity contribution in [2.75, 3.05) is 26.3 Å². The zero-order valence-corrected chi connectivity index (χ0v) is 11.5. The molecule has 0 aromatic heterocycles. The minimum atomic E-state index is -0.325. The number of phenols is 1. The minimum Gasteiger partial charge on any atom is -0.507 e. The highest BCUT2D eigenvalue weighted by Crippen LogP contribution is 2.33. The maximum absolute atomic E-state index is 13.4. The molecule has 1 aliphatic heterocycles. The van der Waals surface area contributed by atoms with Crippen molar-refractivity contribution in [3.8, 4) is 5.75 Å². The molecule has 0 unspecified atom stereocenters. The minimum absolute atomic E-state index is 0.200. The SMILES string of the molecule is Cc1cc2ccc(F)cc2c(O)c1CN1CCOCC1. The Morgan fingerprint density at radius 3 is 2.75 bits per heavy atom. The molecule has 1 fully saturated rings. The molecule has 1 aliphatic rings. The van der Waals surface area contributed by atoms with Gasteiger partial charge in [0.05, 0.1) is 13.2 Å². The monoisotopic (exact) mass is 275 g/mol. The molecule has 0 aliphatic carbocycles. The summed E-state index contributed by atoms with van der Waals surface area (Å²) in [6.07, 6.45) is 0. The zero-order valence-electron chi connectivity index (χ0n) is 11.5. The van der Waals surface area contributed by atoms with Crippen LogP contribution in [0.15, 0.2) is 24.3 Å². The highest BCUT2D eigenvalue weighted by molar-refractivity contribution is 5.90. The van der Waals surface area contributed by atoms with Crippen molar-refractivity contribution in [2.45, 2.75) is 13.5 Å². The lowest BCUT2D eigenvalue weighted by molar-refractivity contribution is 0.0338. The first-order valence-electron chi connectivity index (χ1n) is 6.86. The van der Waals surface area contributed by atoms with Crippen LogP contribution >= 0.6 is 0 Å². The Balaban J connectivity index is 2.00. The molecule has 4 heteroatoms. The third kappa shape index (κ3) is 2.49. The van der Waals surface area contributed by atoms with Gasteiger partial charge in [-0.05, 0) is 30.0 Å². The first-order chi connectivity index (χ1) is 9.65. The molecule has 2 aromatic rings. The summed E-state index contributed by atoms with van der Waals surface area (Å²) >= 11 is 0. The summed E-state index contributed by atoms with van der Waals surface area (Å²) in [5, 5.41) is 11.9. The number of rotatable bonds is 2. The second kappa shape index (κ2) is 5.38. The molecule has 0 saturated carbocycles. The predicted octanol–water partition coefficient (Wildman–Crippen LogP) is 2.83. The highest BCUT2D eigenvalue weighted by atomic mass is 19.1. The summed E-state index contributed by atoms with van der Waals surface area (Å²) in [7, 11) is 0. The van der Waals surface area contributed by atoms with E-state index in [1.807, 2.05) is 13.0 Å². The van der Waals surface area contributed by atoms with Gasteiger partial charge in [0.2, 0.25) is 0 Å². The van der Waals surface area contributed by atoms with Crippen LogP contribution in [0.4, 0.5) is 4.39 Å². The molecule has 3 rings (SSSR count). The predicted molar refractivity (Wildman–Crippen MR) is 76.4 cm³/mol. The van der Waals surface area contributed by atoms with Crippen LogP contribution in [0, 0.1) is 12.7 Å². The molecular formula is C16H18FNO2. The highest BCUT2D eigenvalue weighted by Gasteiger charge is 2.16. The van der Waals surface area contributed by atoms with E-state index in [1.54, 1.807) is 6.07 Å². The average molecular weight is 275 g/mol. The second-order valence-electron chi connectivity index (χ2n) is 5.27. The number of phenolic OH excluding ortho intramolecular Hbond substituents is 1. The Morgan fingerprint density at radius 1 is 1.25 bits per heavy atom. The fourth-order valence-corrected chi connectivity index (χ4v) is 2.71. The third-order valence-corrected chi connectivity index (χ3v) is 3.89. The molecular weight excluding hydrogens is 257 g/mol. The van der Waals surface area contributed by atoms with Gasteiger partial charge in [-0.25, -0.2) is 4.39 Å². The van der Waals surface area contributed by atoms with Crippen molar-refractivity contribution in [1.29, 1.82) is 0 Å². The van der Waals surface area contributed by atoms with Gasteiger partial charge in [-0.3, -0.25) is 4.90 Å². The van der Waals surface area contributed by atoms with Crippen molar-refractivity contribution in [2.24, 2.45) is 0 Å². The lowest BCUT2D eigenvalue weighted by Gasteiger charge is -2.27. The van der Waals surface area contributed by atoms with Gasteiger partial charge in [-0.1, -0.05) is 12.1 Å². The maximum atomic E-state index is 13.4. The van der Waals surface area contributed by atoms with Crippen molar-refractivity contribution < 1.29 is 14.2 Å². The number of hydrogen-bond donors (Lipinski definition) is 1. The first-order valence-corrected chi connectivity index (χ1v) is 6.86. The van der Waals surface area contributed by atoms with Crippen LogP contribution in [0.1, 0.15) is 11.1 Å². The van der Waals surface area contributed by atoms with Crippen molar-refractivity contribution >= 4 is 10.8 Å². The molecule has 1 N–H and O–H groups in total. The number of benzene rings is 2. The molecule has 0 spiro atoms. The summed E-state index contributed by atoms with van der Waals surface area (Å²) in [4.78, 5) is 2.25. The Morgan fingerprint density at radius 2 is 2.00 bits per heavy atom. The van der Waals surface area contributed by atoms with Crippen LogP contribution in [-0.2, 0) is 11.3 Å². The zero-order chi connectivity index (χ0) is 14.1. The lowest BCUT2D eigenvalue weighted by Crippen LogP contribution is -2.35. The smallest absolute Gasteiger partial charge is 0.128 e. The van der Waals surface area contributed by atoms with Gasteiger partial charge in [-0.15, -0.1) is 0 Å². The number of aryl methyl sites for hydroxylation is 1. The van der Waals surface area contributed by atoms with Gasteiger partial charge in [0.25, 0.3) is 0 Å². The van der Waals surface area contributed by atoms with Gasteiger partial charge >= 0.3 is 0 Å². The largest absolute Gasteiger partial charge is 0.507 e. The Kier molecular flexibility index (Phi) is 3.59. The fourth-order valence-electron chi connectivity index (χ4n) is 2.71. The van der Waals surface area contributed by atoms with Crippen molar-refractivity contribution in [3.63, 3.8) is 0 Å². The van der Waals surface area contributed by atoms with E-state index in [0.29, 0.717) is 11.9 Å². The molecule has 0 radical (unpaired) electrons. The molecule has 2 aromatic carbocycles. The number of halogens is 1. The molecule has 1 heterocycles. The normalized spacial score (nSPS) is 16.7. The van der Waals surface area contributed by atoms with Gasteiger partial charge in [0.1, 0.15) is 11.6 Å². The molecule has 20 heavy (non-hydrogen) atoms. The van der Waals surface area contributed by atoms with E-state index in [2.05, 4.69) is 4.90 Å². The number of ether oxygens (including phenoxy) is 1. The molecule has 0 bridgehead atoms. The maximum Gasteiger partial charge on any atom is 0.128 e. The number of nitrogens with zero attached hydrogens (tertiary/aromatic N) is 1.